The first-order chi connectivity index (χ1) is 16.4. The summed E-state index contributed by atoms with van der Waals surface area (Å²) in [4.78, 5) is 2.22. The lowest BCUT2D eigenvalue weighted by molar-refractivity contribution is 0.399. The van der Waals surface area contributed by atoms with E-state index < -0.39 is 0 Å². The number of hydrogen-bond acceptors (Lipinski definition) is 1. The van der Waals surface area contributed by atoms with Crippen LogP contribution in [-0.4, -0.2) is 14.6 Å². The second-order valence-corrected chi connectivity index (χ2v) is 9.56. The smallest absolute Gasteiger partial charge is 0.174 e. The Kier molecular flexibility index (Phi) is 7.71. The van der Waals surface area contributed by atoms with Gasteiger partial charge < -0.3 is 14.8 Å². The van der Waals surface area contributed by atoms with E-state index in [1.54, 1.807) is 0 Å². The van der Waals surface area contributed by atoms with Crippen molar-refractivity contribution in [1.82, 2.24) is 9.47 Å². The number of nitrogens with one attached hydrogen (secondary N) is 1. The Balaban J connectivity index is 1.60. The van der Waals surface area contributed by atoms with Crippen LogP contribution in [0.15, 0.2) is 85.1 Å². The first-order valence-corrected chi connectivity index (χ1v) is 12.2. The third-order valence-corrected chi connectivity index (χ3v) is 6.72. The summed E-state index contributed by atoms with van der Waals surface area (Å²) < 4.78 is 2.24. The Bertz CT molecular complexity index is 1260. The number of aryl methyl sites for hydroxylation is 3. The molecule has 0 aliphatic heterocycles. The molecule has 0 atom stereocenters. The van der Waals surface area contributed by atoms with Crippen LogP contribution in [-0.2, 0) is 19.6 Å². The number of nitrogens with zero attached hydrogens (tertiary/aromatic N) is 2. The SMILES string of the molecule is Cc1cc(C)c(NC(=S)N(Cc2ccccc2)Cc2cccn2Cc2ccccc2Cl)c(C)c1. The van der Waals surface area contributed by atoms with Crippen LogP contribution in [0.1, 0.15) is 33.5 Å². The maximum absolute atomic E-state index is 6.43. The molecule has 0 saturated heterocycles. The molecule has 34 heavy (non-hydrogen) atoms. The molecule has 174 valence electrons. The van der Waals surface area contributed by atoms with Gasteiger partial charge in [0.05, 0.1) is 6.54 Å². The monoisotopic (exact) mass is 487 g/mol. The molecular formula is C29H30ClN3S. The van der Waals surface area contributed by atoms with E-state index in [1.165, 1.54) is 27.9 Å². The second-order valence-electron chi connectivity index (χ2n) is 8.76. The van der Waals surface area contributed by atoms with E-state index in [1.807, 2.05) is 24.3 Å². The molecule has 0 radical (unpaired) electrons. The van der Waals surface area contributed by atoms with Crippen LogP contribution in [0.4, 0.5) is 5.69 Å². The number of halogens is 1. The zero-order chi connectivity index (χ0) is 24.1. The highest BCUT2D eigenvalue weighted by molar-refractivity contribution is 7.80. The standard InChI is InChI=1S/C29H30ClN3S/c1-21-16-22(2)28(23(3)17-21)31-29(34)33(18-24-10-5-4-6-11-24)20-26-13-9-15-32(26)19-25-12-7-8-14-27(25)30/h4-17H,18-20H2,1-3H3,(H,31,34). The minimum Gasteiger partial charge on any atom is -0.345 e. The Morgan fingerprint density at radius 2 is 1.56 bits per heavy atom. The molecule has 3 nitrogen and oxygen atoms in total. The average molecular weight is 488 g/mol. The van der Waals surface area contributed by atoms with Crippen molar-refractivity contribution in [2.45, 2.75) is 40.4 Å². The van der Waals surface area contributed by atoms with Gasteiger partial charge in [-0.15, -0.1) is 0 Å². The topological polar surface area (TPSA) is 20.2 Å². The van der Waals surface area contributed by atoms with Crippen LogP contribution in [0, 0.1) is 20.8 Å². The maximum Gasteiger partial charge on any atom is 0.174 e. The molecule has 0 unspecified atom stereocenters. The summed E-state index contributed by atoms with van der Waals surface area (Å²) in [6, 6.07) is 27.1. The molecule has 0 saturated carbocycles. The van der Waals surface area contributed by atoms with E-state index >= 15 is 0 Å². The fraction of sp³-hybridized carbons (Fsp3) is 0.207. The summed E-state index contributed by atoms with van der Waals surface area (Å²) in [5, 5.41) is 5.04. The van der Waals surface area contributed by atoms with Crippen LogP contribution < -0.4 is 5.32 Å². The van der Waals surface area contributed by atoms with Gasteiger partial charge in [0, 0.05) is 35.7 Å². The Labute approximate surface area is 213 Å². The van der Waals surface area contributed by atoms with E-state index in [9.17, 15) is 0 Å². The summed E-state index contributed by atoms with van der Waals surface area (Å²) >= 11 is 12.4. The lowest BCUT2D eigenvalue weighted by Gasteiger charge is -2.28. The van der Waals surface area contributed by atoms with Gasteiger partial charge in [-0.2, -0.15) is 0 Å². The van der Waals surface area contributed by atoms with Crippen molar-refractivity contribution in [3.8, 4) is 0 Å². The Morgan fingerprint density at radius 3 is 2.26 bits per heavy atom. The lowest BCUT2D eigenvalue weighted by atomic mass is 10.1. The van der Waals surface area contributed by atoms with Crippen molar-refractivity contribution < 1.29 is 0 Å². The highest BCUT2D eigenvalue weighted by atomic mass is 35.5. The molecule has 0 amide bonds. The minimum absolute atomic E-state index is 0.683. The van der Waals surface area contributed by atoms with Crippen molar-refractivity contribution in [3.63, 3.8) is 0 Å². The molecule has 3 aromatic carbocycles. The Hall–Kier alpha value is -3.08. The van der Waals surface area contributed by atoms with Gasteiger partial charge in [0.2, 0.25) is 0 Å². The van der Waals surface area contributed by atoms with Crippen LogP contribution in [0.3, 0.4) is 0 Å². The molecule has 0 spiro atoms. The molecule has 5 heteroatoms. The van der Waals surface area contributed by atoms with E-state index in [-0.39, 0.29) is 0 Å². The summed E-state index contributed by atoms with van der Waals surface area (Å²) in [6.07, 6.45) is 2.10. The van der Waals surface area contributed by atoms with Gasteiger partial charge in [0.1, 0.15) is 0 Å². The van der Waals surface area contributed by atoms with Gasteiger partial charge in [-0.1, -0.05) is 77.8 Å². The zero-order valence-corrected chi connectivity index (χ0v) is 21.5. The van der Waals surface area contributed by atoms with Crippen molar-refractivity contribution >= 4 is 34.6 Å². The number of aromatic nitrogens is 1. The summed E-state index contributed by atoms with van der Waals surface area (Å²) in [6.45, 7) is 8.49. The molecular weight excluding hydrogens is 458 g/mol. The first kappa shape index (κ1) is 24.1. The number of benzene rings is 3. The van der Waals surface area contributed by atoms with Gasteiger partial charge in [-0.3, -0.25) is 0 Å². The molecule has 0 aliphatic rings. The maximum atomic E-state index is 6.43. The molecule has 1 N–H and O–H groups in total. The van der Waals surface area contributed by atoms with Crippen molar-refractivity contribution in [1.29, 1.82) is 0 Å². The zero-order valence-electron chi connectivity index (χ0n) is 19.9. The minimum atomic E-state index is 0.683. The van der Waals surface area contributed by atoms with E-state index in [0.29, 0.717) is 18.2 Å². The van der Waals surface area contributed by atoms with E-state index in [4.69, 9.17) is 23.8 Å². The summed E-state index contributed by atoms with van der Waals surface area (Å²) in [5.41, 5.74) is 8.22. The molecule has 0 aliphatic carbocycles. The highest BCUT2D eigenvalue weighted by Crippen LogP contribution is 2.24. The molecule has 1 heterocycles. The average Bonchev–Trinajstić information content (AvgIpc) is 3.24. The van der Waals surface area contributed by atoms with Gasteiger partial charge in [-0.25, -0.2) is 0 Å². The summed E-state index contributed by atoms with van der Waals surface area (Å²) in [7, 11) is 0. The fourth-order valence-electron chi connectivity index (χ4n) is 4.32. The third-order valence-electron chi connectivity index (χ3n) is 5.99. The van der Waals surface area contributed by atoms with E-state index in [2.05, 4.69) is 96.3 Å². The number of hydrogen-bond donors (Lipinski definition) is 1. The van der Waals surface area contributed by atoms with E-state index in [0.717, 1.165) is 22.8 Å². The fourth-order valence-corrected chi connectivity index (χ4v) is 4.75. The van der Waals surface area contributed by atoms with Gasteiger partial charge >= 0.3 is 0 Å². The largest absolute Gasteiger partial charge is 0.345 e. The lowest BCUT2D eigenvalue weighted by Crippen LogP contribution is -2.35. The quantitative estimate of drug-likeness (QED) is 0.272. The van der Waals surface area contributed by atoms with Gasteiger partial charge in [0.15, 0.2) is 5.11 Å². The van der Waals surface area contributed by atoms with Crippen LogP contribution >= 0.6 is 23.8 Å². The summed E-state index contributed by atoms with van der Waals surface area (Å²) in [5.74, 6) is 0. The number of thiocarbonyl (C=S) groups is 1. The van der Waals surface area contributed by atoms with Gasteiger partial charge in [0.25, 0.3) is 0 Å². The predicted molar refractivity (Wildman–Crippen MR) is 148 cm³/mol. The number of anilines is 1. The normalized spacial score (nSPS) is 10.8. The molecule has 0 bridgehead atoms. The second kappa shape index (κ2) is 10.9. The molecule has 0 fully saturated rings. The van der Waals surface area contributed by atoms with Crippen LogP contribution in [0.25, 0.3) is 0 Å². The third kappa shape index (κ3) is 5.88. The molecule has 4 rings (SSSR count). The van der Waals surface area contributed by atoms with Crippen LogP contribution in [0.5, 0.6) is 0 Å². The van der Waals surface area contributed by atoms with Crippen molar-refractivity contribution in [2.24, 2.45) is 0 Å². The predicted octanol–water partition coefficient (Wildman–Crippen LogP) is 7.51. The van der Waals surface area contributed by atoms with Crippen molar-refractivity contribution in [3.05, 3.63) is 124 Å². The van der Waals surface area contributed by atoms with Crippen molar-refractivity contribution in [2.75, 3.05) is 5.32 Å². The Morgan fingerprint density at radius 1 is 0.882 bits per heavy atom. The number of rotatable bonds is 7. The molecule has 1 aromatic heterocycles. The molecule has 4 aromatic rings. The highest BCUT2D eigenvalue weighted by Gasteiger charge is 2.16. The van der Waals surface area contributed by atoms with Crippen LogP contribution in [0.2, 0.25) is 5.02 Å². The van der Waals surface area contributed by atoms with Gasteiger partial charge in [-0.05, 0) is 73.4 Å². The first-order valence-electron chi connectivity index (χ1n) is 11.5.